The molecule has 3 heterocycles. The molecule has 0 amide bonds. The molecule has 1 unspecified atom stereocenters. The Bertz CT molecular complexity index is 1280. The van der Waals surface area contributed by atoms with Crippen LogP contribution in [0.1, 0.15) is 35.0 Å². The number of fused-ring (bicyclic) bond motifs is 1. The van der Waals surface area contributed by atoms with E-state index in [0.717, 1.165) is 34.4 Å². The average molecular weight is 433 g/mol. The number of hydrogen-bond acceptors (Lipinski definition) is 5. The van der Waals surface area contributed by atoms with Crippen molar-refractivity contribution in [1.29, 1.82) is 0 Å². The lowest BCUT2D eigenvalue weighted by Gasteiger charge is -2.26. The molecule has 0 saturated carbocycles. The van der Waals surface area contributed by atoms with Crippen LogP contribution in [0.4, 0.5) is 4.39 Å². The molecule has 1 aliphatic heterocycles. The van der Waals surface area contributed by atoms with Crippen molar-refractivity contribution in [3.8, 4) is 22.8 Å². The van der Waals surface area contributed by atoms with Crippen molar-refractivity contribution in [1.82, 2.24) is 24.5 Å². The summed E-state index contributed by atoms with van der Waals surface area (Å²) < 4.78 is 23.5. The van der Waals surface area contributed by atoms with E-state index in [9.17, 15) is 9.50 Å². The first-order chi connectivity index (χ1) is 15.5. The fraction of sp³-hybridized carbons (Fsp3) is 0.292. The van der Waals surface area contributed by atoms with Gasteiger partial charge in [0.25, 0.3) is 0 Å². The number of aryl methyl sites for hydroxylation is 3. The van der Waals surface area contributed by atoms with Crippen molar-refractivity contribution in [2.45, 2.75) is 39.3 Å². The zero-order valence-corrected chi connectivity index (χ0v) is 18.0. The molecule has 2 aromatic carbocycles. The molecule has 0 bridgehead atoms. The SMILES string of the molecule is Cc1ccc(-n2nc(-c3cnn(CCO)c3)nc2C2CCc3ccc(F)cc3O2)c(C)c1. The topological polar surface area (TPSA) is 78.0 Å². The van der Waals surface area contributed by atoms with Gasteiger partial charge in [-0.05, 0) is 49.9 Å². The van der Waals surface area contributed by atoms with Crippen LogP contribution in [0, 0.1) is 19.7 Å². The van der Waals surface area contributed by atoms with Gasteiger partial charge in [-0.3, -0.25) is 4.68 Å². The molecule has 4 aromatic rings. The molecule has 1 N–H and O–H groups in total. The van der Waals surface area contributed by atoms with Gasteiger partial charge in [-0.2, -0.15) is 5.10 Å². The Balaban J connectivity index is 1.59. The Morgan fingerprint density at radius 3 is 2.88 bits per heavy atom. The molecule has 8 heteroatoms. The molecule has 32 heavy (non-hydrogen) atoms. The highest BCUT2D eigenvalue weighted by Gasteiger charge is 2.28. The predicted molar refractivity (Wildman–Crippen MR) is 117 cm³/mol. The van der Waals surface area contributed by atoms with E-state index in [0.29, 0.717) is 30.4 Å². The second-order valence-corrected chi connectivity index (χ2v) is 8.11. The van der Waals surface area contributed by atoms with Crippen molar-refractivity contribution < 1.29 is 14.2 Å². The highest BCUT2D eigenvalue weighted by molar-refractivity contribution is 5.53. The Morgan fingerprint density at radius 1 is 1.19 bits per heavy atom. The van der Waals surface area contributed by atoms with Gasteiger partial charge < -0.3 is 9.84 Å². The summed E-state index contributed by atoms with van der Waals surface area (Å²) in [5.41, 5.74) is 4.90. The van der Waals surface area contributed by atoms with E-state index in [-0.39, 0.29) is 18.5 Å². The number of halogens is 1. The zero-order valence-electron chi connectivity index (χ0n) is 18.0. The number of ether oxygens (including phenoxy) is 1. The van der Waals surface area contributed by atoms with E-state index in [1.807, 2.05) is 29.9 Å². The van der Waals surface area contributed by atoms with Gasteiger partial charge in [-0.25, -0.2) is 14.1 Å². The van der Waals surface area contributed by atoms with Gasteiger partial charge in [0, 0.05) is 12.3 Å². The van der Waals surface area contributed by atoms with Gasteiger partial charge in [0.05, 0.1) is 30.6 Å². The van der Waals surface area contributed by atoms with E-state index < -0.39 is 0 Å². The molecule has 0 radical (unpaired) electrons. The Kier molecular flexibility index (Phi) is 5.22. The second kappa shape index (κ2) is 8.20. The summed E-state index contributed by atoms with van der Waals surface area (Å²) in [6, 6.07) is 10.8. The lowest BCUT2D eigenvalue weighted by Crippen LogP contribution is -2.20. The summed E-state index contributed by atoms with van der Waals surface area (Å²) in [4.78, 5) is 4.83. The lowest BCUT2D eigenvalue weighted by atomic mass is 10.0. The molecule has 0 fully saturated rings. The van der Waals surface area contributed by atoms with Gasteiger partial charge in [-0.15, -0.1) is 5.10 Å². The number of aliphatic hydroxyl groups is 1. The number of aromatic nitrogens is 5. The van der Waals surface area contributed by atoms with E-state index in [1.165, 1.54) is 12.1 Å². The van der Waals surface area contributed by atoms with Gasteiger partial charge >= 0.3 is 0 Å². The van der Waals surface area contributed by atoms with Gasteiger partial charge in [0.2, 0.25) is 0 Å². The van der Waals surface area contributed by atoms with Crippen molar-refractivity contribution >= 4 is 0 Å². The Labute approximate surface area is 185 Å². The standard InChI is InChI=1S/C24H24FN5O2/c1-15-3-7-20(16(2)11-15)30-24(21-8-5-17-4-6-19(25)12-22(17)32-21)27-23(28-30)18-13-26-29(14-18)9-10-31/h3-4,6-7,11-14,21,31H,5,8-10H2,1-2H3. The molecule has 1 atom stereocenters. The lowest BCUT2D eigenvalue weighted by molar-refractivity contribution is 0.164. The Morgan fingerprint density at radius 2 is 2.06 bits per heavy atom. The number of aliphatic hydroxyl groups excluding tert-OH is 1. The number of hydrogen-bond donors (Lipinski definition) is 1. The van der Waals surface area contributed by atoms with Crippen molar-refractivity contribution in [2.75, 3.05) is 6.61 Å². The molecule has 0 spiro atoms. The summed E-state index contributed by atoms with van der Waals surface area (Å²) >= 11 is 0. The van der Waals surface area contributed by atoms with Crippen LogP contribution in [0.2, 0.25) is 0 Å². The molecule has 0 saturated heterocycles. The van der Waals surface area contributed by atoms with Crippen molar-refractivity contribution in [3.63, 3.8) is 0 Å². The quantitative estimate of drug-likeness (QED) is 0.516. The minimum atomic E-state index is -0.362. The minimum absolute atomic E-state index is 0.00266. The smallest absolute Gasteiger partial charge is 0.185 e. The van der Waals surface area contributed by atoms with E-state index in [2.05, 4.69) is 18.1 Å². The maximum absolute atomic E-state index is 13.8. The Hall–Kier alpha value is -3.52. The first-order valence-electron chi connectivity index (χ1n) is 10.6. The second-order valence-electron chi connectivity index (χ2n) is 8.11. The molecule has 1 aliphatic rings. The minimum Gasteiger partial charge on any atom is -0.482 e. The van der Waals surface area contributed by atoms with Gasteiger partial charge in [0.15, 0.2) is 17.8 Å². The fourth-order valence-electron chi connectivity index (χ4n) is 4.10. The third-order valence-electron chi connectivity index (χ3n) is 5.70. The van der Waals surface area contributed by atoms with Crippen LogP contribution in [-0.2, 0) is 13.0 Å². The summed E-state index contributed by atoms with van der Waals surface area (Å²) in [6.07, 6.45) is 4.62. The first kappa shape index (κ1) is 20.4. The monoisotopic (exact) mass is 433 g/mol. The largest absolute Gasteiger partial charge is 0.482 e. The van der Waals surface area contributed by atoms with Crippen LogP contribution in [0.5, 0.6) is 5.75 Å². The van der Waals surface area contributed by atoms with Crippen LogP contribution < -0.4 is 4.74 Å². The summed E-state index contributed by atoms with van der Waals surface area (Å²) in [5.74, 6) is 1.42. The number of benzene rings is 2. The molecule has 164 valence electrons. The van der Waals surface area contributed by atoms with Crippen LogP contribution >= 0.6 is 0 Å². The maximum atomic E-state index is 13.8. The highest BCUT2D eigenvalue weighted by atomic mass is 19.1. The predicted octanol–water partition coefficient (Wildman–Crippen LogP) is 3.95. The van der Waals surface area contributed by atoms with Crippen LogP contribution in [-0.4, -0.2) is 36.3 Å². The molecular formula is C24H24FN5O2. The average Bonchev–Trinajstić information content (AvgIpc) is 3.41. The molecule has 7 nitrogen and oxygen atoms in total. The summed E-state index contributed by atoms with van der Waals surface area (Å²) in [5, 5.41) is 18.2. The fourth-order valence-corrected chi connectivity index (χ4v) is 4.10. The third kappa shape index (κ3) is 3.78. The summed E-state index contributed by atoms with van der Waals surface area (Å²) in [7, 11) is 0. The van der Waals surface area contributed by atoms with Crippen LogP contribution in [0.15, 0.2) is 48.8 Å². The first-order valence-corrected chi connectivity index (χ1v) is 10.6. The number of rotatable bonds is 5. The maximum Gasteiger partial charge on any atom is 0.185 e. The summed E-state index contributed by atoms with van der Waals surface area (Å²) in [6.45, 7) is 4.50. The normalized spacial score (nSPS) is 15.4. The van der Waals surface area contributed by atoms with Gasteiger partial charge in [-0.1, -0.05) is 23.8 Å². The molecule has 0 aliphatic carbocycles. The van der Waals surface area contributed by atoms with E-state index in [1.54, 1.807) is 16.9 Å². The van der Waals surface area contributed by atoms with Crippen molar-refractivity contribution in [3.05, 3.63) is 77.1 Å². The molecular weight excluding hydrogens is 409 g/mol. The highest BCUT2D eigenvalue weighted by Crippen LogP contribution is 2.36. The third-order valence-corrected chi connectivity index (χ3v) is 5.70. The van der Waals surface area contributed by atoms with E-state index in [4.69, 9.17) is 14.8 Å². The van der Waals surface area contributed by atoms with Gasteiger partial charge in [0.1, 0.15) is 11.6 Å². The molecule has 5 rings (SSSR count). The van der Waals surface area contributed by atoms with Crippen LogP contribution in [0.3, 0.4) is 0 Å². The van der Waals surface area contributed by atoms with Crippen molar-refractivity contribution in [2.24, 2.45) is 0 Å². The number of nitrogens with zero attached hydrogens (tertiary/aromatic N) is 5. The van der Waals surface area contributed by atoms with Crippen LogP contribution in [0.25, 0.3) is 17.1 Å². The van der Waals surface area contributed by atoms with E-state index >= 15 is 0 Å². The molecule has 2 aromatic heterocycles. The zero-order chi connectivity index (χ0) is 22.2.